The van der Waals surface area contributed by atoms with Crippen LogP contribution in [0, 0.1) is 11.8 Å². The quantitative estimate of drug-likeness (QED) is 0.108. The molecule has 2 amide bonds. The zero-order chi connectivity index (χ0) is 37.0. The number of hydrogen-bond acceptors (Lipinski definition) is 8. The minimum absolute atomic E-state index is 0.205. The Kier molecular flexibility index (Phi) is 13.6. The van der Waals surface area contributed by atoms with E-state index in [1.165, 1.54) is 0 Å². The zero-order valence-corrected chi connectivity index (χ0v) is 30.6. The van der Waals surface area contributed by atoms with Crippen LogP contribution in [-0.4, -0.2) is 69.4 Å². The molecule has 1 fully saturated rings. The summed E-state index contributed by atoms with van der Waals surface area (Å²) in [5.41, 5.74) is 1.69. The first kappa shape index (κ1) is 38.3. The Morgan fingerprint density at radius 1 is 0.538 bits per heavy atom. The molecule has 10 nitrogen and oxygen atoms in total. The summed E-state index contributed by atoms with van der Waals surface area (Å²) in [6, 6.07) is 35.5. The van der Waals surface area contributed by atoms with E-state index in [4.69, 9.17) is 9.47 Å². The van der Waals surface area contributed by atoms with Gasteiger partial charge in [0.05, 0.1) is 11.8 Å². The van der Waals surface area contributed by atoms with E-state index in [-0.39, 0.29) is 13.1 Å². The third-order valence-electron chi connectivity index (χ3n) is 8.62. The van der Waals surface area contributed by atoms with Gasteiger partial charge in [0.25, 0.3) is 0 Å². The van der Waals surface area contributed by atoms with Crippen molar-refractivity contribution in [3.05, 3.63) is 120 Å². The second kappa shape index (κ2) is 18.5. The molecule has 5 rings (SSSR count). The Hall–Kier alpha value is -4.94. The lowest BCUT2D eigenvalue weighted by Crippen LogP contribution is -2.68. The topological polar surface area (TPSA) is 134 Å². The fraction of sp³-hybridized carbons (Fsp3) is 0.300. The lowest BCUT2D eigenvalue weighted by Gasteiger charge is -2.49. The normalized spacial score (nSPS) is 17.7. The first-order valence-electron chi connectivity index (χ1n) is 17.2. The molecule has 4 aromatic carbocycles. The van der Waals surface area contributed by atoms with Crippen LogP contribution in [0.4, 0.5) is 9.59 Å². The van der Waals surface area contributed by atoms with Gasteiger partial charge < -0.3 is 29.5 Å². The first-order valence-corrected chi connectivity index (χ1v) is 18.8. The molecule has 272 valence electrons. The molecule has 4 aromatic rings. The third kappa shape index (κ3) is 10.1. The molecule has 4 atom stereocenters. The van der Waals surface area contributed by atoms with Crippen molar-refractivity contribution in [2.75, 3.05) is 13.1 Å². The fourth-order valence-corrected chi connectivity index (χ4v) is 7.96. The minimum atomic E-state index is -1.69. The van der Waals surface area contributed by atoms with Gasteiger partial charge in [-0.15, -0.1) is 0 Å². The second-order valence-corrected chi connectivity index (χ2v) is 14.7. The van der Waals surface area contributed by atoms with Crippen LogP contribution in [0.15, 0.2) is 129 Å². The zero-order valence-electron chi connectivity index (χ0n) is 29.0. The standard InChI is InChI=1S/C40H42N2O8S2/c1-3-23-41(25-27-15-19-31(20-16-27)51-29-11-7-5-8-12-29)37(43)33-34(36(50-40(47)48)35(33)49-39(45)46)38(44)42(24-4-2)26-28-17-21-32(22-18-28)52-30-13-9-6-10-14-30/h5-22,33-36H,3-4,23-26H2,1-2H3,(H,45,46)(H,47,48)/t33-,34-,35-,36-/m0/s1. The van der Waals surface area contributed by atoms with Gasteiger partial charge in [-0.05, 0) is 72.5 Å². The summed E-state index contributed by atoms with van der Waals surface area (Å²) in [4.78, 5) is 59.7. The summed E-state index contributed by atoms with van der Waals surface area (Å²) in [5.74, 6) is -3.57. The van der Waals surface area contributed by atoms with E-state index < -0.39 is 48.2 Å². The number of benzene rings is 4. The Morgan fingerprint density at radius 2 is 0.865 bits per heavy atom. The Morgan fingerprint density at radius 3 is 1.17 bits per heavy atom. The number of rotatable bonds is 16. The van der Waals surface area contributed by atoms with E-state index in [0.29, 0.717) is 25.9 Å². The maximum atomic E-state index is 14.4. The highest BCUT2D eigenvalue weighted by molar-refractivity contribution is 7.99. The molecule has 1 aliphatic carbocycles. The number of carbonyl (C=O) groups is 4. The van der Waals surface area contributed by atoms with Gasteiger partial charge in [0.2, 0.25) is 11.8 Å². The lowest BCUT2D eigenvalue weighted by molar-refractivity contribution is -0.197. The Balaban J connectivity index is 1.37. The molecule has 1 aliphatic rings. The summed E-state index contributed by atoms with van der Waals surface area (Å²) in [6.07, 6.45) is -5.17. The number of carboxylic acid groups (broad SMARTS) is 2. The van der Waals surface area contributed by atoms with Crippen LogP contribution in [0.25, 0.3) is 0 Å². The predicted octanol–water partition coefficient (Wildman–Crippen LogP) is 8.54. The molecule has 0 aromatic heterocycles. The van der Waals surface area contributed by atoms with Crippen molar-refractivity contribution < 1.29 is 38.9 Å². The minimum Gasteiger partial charge on any atom is -0.450 e. The SMILES string of the molecule is CCCN(Cc1ccc(Sc2ccccc2)cc1)C(=O)[C@@H]1[C@H](OC(=O)O)[C@@H](OC(=O)O)[C@H]1C(=O)N(CCC)Cc1ccc(Sc2ccccc2)cc1. The molecule has 1 saturated carbocycles. The van der Waals surface area contributed by atoms with Crippen LogP contribution < -0.4 is 0 Å². The number of nitrogens with zero attached hydrogens (tertiary/aromatic N) is 2. The summed E-state index contributed by atoms with van der Waals surface area (Å²) >= 11 is 3.23. The molecule has 0 saturated heterocycles. The summed E-state index contributed by atoms with van der Waals surface area (Å²) in [7, 11) is 0. The van der Waals surface area contributed by atoms with Gasteiger partial charge >= 0.3 is 12.3 Å². The van der Waals surface area contributed by atoms with Crippen molar-refractivity contribution in [2.45, 2.75) is 71.6 Å². The van der Waals surface area contributed by atoms with Crippen molar-refractivity contribution in [3.63, 3.8) is 0 Å². The monoisotopic (exact) mass is 742 g/mol. The van der Waals surface area contributed by atoms with Crippen LogP contribution in [0.5, 0.6) is 0 Å². The molecular formula is C40H42N2O8S2. The maximum Gasteiger partial charge on any atom is 0.506 e. The summed E-state index contributed by atoms with van der Waals surface area (Å²) < 4.78 is 10.2. The molecule has 0 radical (unpaired) electrons. The van der Waals surface area contributed by atoms with E-state index in [1.54, 1.807) is 33.3 Å². The van der Waals surface area contributed by atoms with Crippen LogP contribution in [-0.2, 0) is 32.2 Å². The lowest BCUT2D eigenvalue weighted by atomic mass is 9.66. The highest BCUT2D eigenvalue weighted by Gasteiger charge is 2.63. The number of hydrogen-bond donors (Lipinski definition) is 2. The summed E-state index contributed by atoms with van der Waals surface area (Å²) in [6.45, 7) is 4.89. The highest BCUT2D eigenvalue weighted by atomic mass is 32.2. The summed E-state index contributed by atoms with van der Waals surface area (Å²) in [5, 5.41) is 19.2. The van der Waals surface area contributed by atoms with Crippen LogP contribution >= 0.6 is 23.5 Å². The van der Waals surface area contributed by atoms with E-state index >= 15 is 0 Å². The smallest absolute Gasteiger partial charge is 0.450 e. The van der Waals surface area contributed by atoms with Gasteiger partial charge in [-0.25, -0.2) is 9.59 Å². The average Bonchev–Trinajstić information content (AvgIpc) is 3.13. The highest BCUT2D eigenvalue weighted by Crippen LogP contribution is 2.43. The van der Waals surface area contributed by atoms with E-state index in [1.807, 2.05) is 123 Å². The largest absolute Gasteiger partial charge is 0.506 e. The maximum absolute atomic E-state index is 14.4. The number of ether oxygens (including phenoxy) is 2. The van der Waals surface area contributed by atoms with Crippen molar-refractivity contribution >= 4 is 47.6 Å². The van der Waals surface area contributed by atoms with Crippen molar-refractivity contribution in [1.82, 2.24) is 9.80 Å². The average molecular weight is 743 g/mol. The van der Waals surface area contributed by atoms with Crippen molar-refractivity contribution in [1.29, 1.82) is 0 Å². The van der Waals surface area contributed by atoms with Crippen LogP contribution in [0.2, 0.25) is 0 Å². The van der Waals surface area contributed by atoms with Gasteiger partial charge in [0.15, 0.2) is 12.2 Å². The van der Waals surface area contributed by atoms with Crippen LogP contribution in [0.1, 0.15) is 37.8 Å². The third-order valence-corrected chi connectivity index (χ3v) is 10.7. The van der Waals surface area contributed by atoms with Crippen molar-refractivity contribution in [2.24, 2.45) is 11.8 Å². The van der Waals surface area contributed by atoms with Gasteiger partial charge in [0.1, 0.15) is 0 Å². The molecule has 52 heavy (non-hydrogen) atoms. The Bertz CT molecular complexity index is 1660. The Labute approximate surface area is 312 Å². The molecular weight excluding hydrogens is 701 g/mol. The molecule has 0 aliphatic heterocycles. The van der Waals surface area contributed by atoms with E-state index in [9.17, 15) is 29.4 Å². The van der Waals surface area contributed by atoms with Gasteiger partial charge in [0, 0.05) is 45.8 Å². The van der Waals surface area contributed by atoms with E-state index in [0.717, 1.165) is 30.7 Å². The molecule has 12 heteroatoms. The molecule has 2 N–H and O–H groups in total. The molecule has 0 unspecified atom stereocenters. The van der Waals surface area contributed by atoms with E-state index in [2.05, 4.69) is 0 Å². The van der Waals surface area contributed by atoms with Gasteiger partial charge in [-0.2, -0.15) is 0 Å². The number of amides is 2. The van der Waals surface area contributed by atoms with Gasteiger partial charge in [-0.3, -0.25) is 9.59 Å². The number of carbonyl (C=O) groups excluding carboxylic acids is 2. The van der Waals surface area contributed by atoms with Crippen molar-refractivity contribution in [3.8, 4) is 0 Å². The predicted molar refractivity (Wildman–Crippen MR) is 198 cm³/mol. The molecule has 0 spiro atoms. The van der Waals surface area contributed by atoms with Crippen LogP contribution in [0.3, 0.4) is 0 Å². The second-order valence-electron chi connectivity index (χ2n) is 12.4. The van der Waals surface area contributed by atoms with Gasteiger partial charge in [-0.1, -0.05) is 98.0 Å². The molecule has 0 heterocycles. The first-order chi connectivity index (χ1) is 25.2. The fourth-order valence-electron chi connectivity index (χ4n) is 6.29. The molecule has 0 bridgehead atoms.